The Hall–Kier alpha value is -1.91. The van der Waals surface area contributed by atoms with Crippen LogP contribution in [0.15, 0.2) is 48.5 Å². The SMILES string of the molecule is O=C(NCC1(F)CC(CO)C1)c1cc(-c2ccccc2)ccc1Cl. The summed E-state index contributed by atoms with van der Waals surface area (Å²) in [6.07, 6.45) is 0.559. The first-order chi connectivity index (χ1) is 11.5. The van der Waals surface area contributed by atoms with Gasteiger partial charge >= 0.3 is 0 Å². The number of amides is 1. The van der Waals surface area contributed by atoms with E-state index in [9.17, 15) is 9.18 Å². The minimum atomic E-state index is -1.42. The van der Waals surface area contributed by atoms with Gasteiger partial charge in [0.15, 0.2) is 0 Å². The molecular weight excluding hydrogens is 329 g/mol. The molecule has 0 unspecified atom stereocenters. The molecule has 0 bridgehead atoms. The van der Waals surface area contributed by atoms with Gasteiger partial charge < -0.3 is 10.4 Å². The van der Waals surface area contributed by atoms with Gasteiger partial charge in [-0.2, -0.15) is 0 Å². The molecule has 5 heteroatoms. The summed E-state index contributed by atoms with van der Waals surface area (Å²) in [7, 11) is 0. The molecule has 0 spiro atoms. The van der Waals surface area contributed by atoms with Crippen molar-refractivity contribution in [3.63, 3.8) is 0 Å². The Balaban J connectivity index is 1.71. The lowest BCUT2D eigenvalue weighted by Gasteiger charge is -2.40. The minimum Gasteiger partial charge on any atom is -0.396 e. The number of aliphatic hydroxyl groups is 1. The zero-order valence-electron chi connectivity index (χ0n) is 13.1. The van der Waals surface area contributed by atoms with E-state index in [1.807, 2.05) is 36.4 Å². The van der Waals surface area contributed by atoms with E-state index in [1.54, 1.807) is 12.1 Å². The van der Waals surface area contributed by atoms with Crippen LogP contribution in [0, 0.1) is 5.92 Å². The summed E-state index contributed by atoms with van der Waals surface area (Å²) in [6.45, 7) is -0.0706. The third-order valence-electron chi connectivity index (χ3n) is 4.45. The molecule has 3 nitrogen and oxygen atoms in total. The van der Waals surface area contributed by atoms with Crippen LogP contribution in [-0.2, 0) is 0 Å². The summed E-state index contributed by atoms with van der Waals surface area (Å²) in [4.78, 5) is 12.4. The molecule has 0 heterocycles. The van der Waals surface area contributed by atoms with Gasteiger partial charge in [0.1, 0.15) is 5.67 Å². The predicted octanol–water partition coefficient (Wildman–Crippen LogP) is 3.85. The van der Waals surface area contributed by atoms with Gasteiger partial charge in [-0.1, -0.05) is 48.0 Å². The fourth-order valence-electron chi connectivity index (χ4n) is 3.09. The third kappa shape index (κ3) is 3.60. The molecule has 0 aromatic heterocycles. The number of carbonyl (C=O) groups is 1. The van der Waals surface area contributed by atoms with Gasteiger partial charge in [0.25, 0.3) is 5.91 Å². The van der Waals surface area contributed by atoms with Crippen LogP contribution in [0.2, 0.25) is 5.02 Å². The van der Waals surface area contributed by atoms with E-state index in [0.29, 0.717) is 10.6 Å². The summed E-state index contributed by atoms with van der Waals surface area (Å²) in [5, 5.41) is 11.9. The molecule has 3 rings (SSSR count). The topological polar surface area (TPSA) is 49.3 Å². The Kier molecular flexibility index (Phi) is 4.88. The Bertz CT molecular complexity index is 729. The summed E-state index contributed by atoms with van der Waals surface area (Å²) < 4.78 is 14.3. The summed E-state index contributed by atoms with van der Waals surface area (Å²) >= 11 is 6.13. The molecule has 1 saturated carbocycles. The predicted molar refractivity (Wildman–Crippen MR) is 92.9 cm³/mol. The van der Waals surface area contributed by atoms with E-state index in [2.05, 4.69) is 5.32 Å². The highest BCUT2D eigenvalue weighted by Crippen LogP contribution is 2.40. The average molecular weight is 348 g/mol. The van der Waals surface area contributed by atoms with Crippen LogP contribution in [0.4, 0.5) is 4.39 Å². The quantitative estimate of drug-likeness (QED) is 0.863. The number of hydrogen-bond donors (Lipinski definition) is 2. The van der Waals surface area contributed by atoms with Crippen LogP contribution in [0.1, 0.15) is 23.2 Å². The van der Waals surface area contributed by atoms with Crippen molar-refractivity contribution >= 4 is 17.5 Å². The van der Waals surface area contributed by atoms with E-state index in [1.165, 1.54) is 0 Å². The molecule has 0 saturated heterocycles. The number of nitrogens with one attached hydrogen (secondary N) is 1. The Labute approximate surface area is 145 Å². The maximum atomic E-state index is 14.3. The van der Waals surface area contributed by atoms with E-state index < -0.39 is 5.67 Å². The van der Waals surface area contributed by atoms with Crippen molar-refractivity contribution in [1.82, 2.24) is 5.32 Å². The monoisotopic (exact) mass is 347 g/mol. The van der Waals surface area contributed by atoms with Gasteiger partial charge in [-0.15, -0.1) is 0 Å². The van der Waals surface area contributed by atoms with Crippen LogP contribution < -0.4 is 5.32 Å². The Morgan fingerprint density at radius 3 is 2.58 bits per heavy atom. The average Bonchev–Trinajstić information content (AvgIpc) is 2.58. The molecule has 2 N–H and O–H groups in total. The maximum Gasteiger partial charge on any atom is 0.252 e. The summed E-state index contributed by atoms with van der Waals surface area (Å²) in [6, 6.07) is 14.9. The molecule has 1 aliphatic carbocycles. The van der Waals surface area contributed by atoms with Gasteiger partial charge in [-0.05, 0) is 42.0 Å². The van der Waals surface area contributed by atoms with Crippen LogP contribution >= 0.6 is 11.6 Å². The zero-order valence-corrected chi connectivity index (χ0v) is 13.9. The zero-order chi connectivity index (χ0) is 17.2. The Morgan fingerprint density at radius 2 is 1.92 bits per heavy atom. The molecule has 0 radical (unpaired) electrons. The van der Waals surface area contributed by atoms with Crippen molar-refractivity contribution in [3.05, 3.63) is 59.1 Å². The number of rotatable bonds is 5. The highest BCUT2D eigenvalue weighted by atomic mass is 35.5. The normalized spacial score (nSPS) is 22.7. The van der Waals surface area contributed by atoms with Crippen LogP contribution in [0.25, 0.3) is 11.1 Å². The van der Waals surface area contributed by atoms with E-state index in [-0.39, 0.29) is 37.8 Å². The van der Waals surface area contributed by atoms with Crippen LogP contribution in [-0.4, -0.2) is 29.8 Å². The molecule has 24 heavy (non-hydrogen) atoms. The highest BCUT2D eigenvalue weighted by molar-refractivity contribution is 6.34. The number of benzene rings is 2. The fraction of sp³-hybridized carbons (Fsp3) is 0.316. The maximum absolute atomic E-state index is 14.3. The second-order valence-corrected chi connectivity index (χ2v) is 6.76. The van der Waals surface area contributed by atoms with Gasteiger partial charge in [0.05, 0.1) is 17.1 Å². The third-order valence-corrected chi connectivity index (χ3v) is 4.78. The van der Waals surface area contributed by atoms with Gasteiger partial charge in [0.2, 0.25) is 0 Å². The van der Waals surface area contributed by atoms with E-state index in [4.69, 9.17) is 16.7 Å². The smallest absolute Gasteiger partial charge is 0.252 e. The molecular formula is C19H19ClFNO2. The number of aliphatic hydroxyl groups excluding tert-OH is 1. The second-order valence-electron chi connectivity index (χ2n) is 6.35. The number of carbonyl (C=O) groups excluding carboxylic acids is 1. The van der Waals surface area contributed by atoms with Crippen molar-refractivity contribution in [1.29, 1.82) is 0 Å². The van der Waals surface area contributed by atoms with Crippen LogP contribution in [0.3, 0.4) is 0 Å². The van der Waals surface area contributed by atoms with Gasteiger partial charge in [-0.3, -0.25) is 4.79 Å². The largest absolute Gasteiger partial charge is 0.396 e. The van der Waals surface area contributed by atoms with Crippen molar-refractivity contribution < 1.29 is 14.3 Å². The standard InChI is InChI=1S/C19H19ClFNO2/c20-17-7-6-15(14-4-2-1-3-5-14)8-16(17)18(24)22-12-19(21)9-13(10-19)11-23/h1-8,13,23H,9-12H2,(H,22,24). The molecule has 126 valence electrons. The Morgan fingerprint density at radius 1 is 1.21 bits per heavy atom. The lowest BCUT2D eigenvalue weighted by Crippen LogP contribution is -2.49. The first kappa shape index (κ1) is 16.9. The second kappa shape index (κ2) is 6.91. The molecule has 0 atom stereocenters. The molecule has 1 fully saturated rings. The van der Waals surface area contributed by atoms with Crippen LogP contribution in [0.5, 0.6) is 0 Å². The lowest BCUT2D eigenvalue weighted by molar-refractivity contribution is -0.0160. The lowest BCUT2D eigenvalue weighted by atomic mass is 9.72. The summed E-state index contributed by atoms with van der Waals surface area (Å²) in [5.41, 5.74) is 0.769. The molecule has 2 aromatic rings. The minimum absolute atomic E-state index is 0.00287. The van der Waals surface area contributed by atoms with Gasteiger partial charge in [-0.25, -0.2) is 4.39 Å². The van der Waals surface area contributed by atoms with E-state index >= 15 is 0 Å². The van der Waals surface area contributed by atoms with E-state index in [0.717, 1.165) is 11.1 Å². The molecule has 0 aliphatic heterocycles. The number of halogens is 2. The number of alkyl halides is 1. The van der Waals surface area contributed by atoms with Crippen molar-refractivity contribution in [2.75, 3.05) is 13.2 Å². The van der Waals surface area contributed by atoms with Crippen molar-refractivity contribution in [2.45, 2.75) is 18.5 Å². The summed E-state index contributed by atoms with van der Waals surface area (Å²) in [5.74, 6) is -0.390. The first-order valence-electron chi connectivity index (χ1n) is 7.94. The first-order valence-corrected chi connectivity index (χ1v) is 8.31. The van der Waals surface area contributed by atoms with Gasteiger partial charge in [0, 0.05) is 6.61 Å². The highest BCUT2D eigenvalue weighted by Gasteiger charge is 2.44. The fourth-order valence-corrected chi connectivity index (χ4v) is 3.30. The van der Waals surface area contributed by atoms with Crippen molar-refractivity contribution in [2.24, 2.45) is 5.92 Å². The molecule has 2 aromatic carbocycles. The number of hydrogen-bond acceptors (Lipinski definition) is 2. The molecule has 1 amide bonds. The van der Waals surface area contributed by atoms with Crippen molar-refractivity contribution in [3.8, 4) is 11.1 Å². The molecule has 1 aliphatic rings.